The number of nitro benzene ring substituents is 1. The zero-order valence-corrected chi connectivity index (χ0v) is 11.6. The number of carbonyl (C=O) groups excluding carboxylic acids is 1. The molecule has 1 fully saturated rings. The highest BCUT2D eigenvalue weighted by molar-refractivity contribution is 14.1. The molecular weight excluding hydrogens is 349 g/mol. The summed E-state index contributed by atoms with van der Waals surface area (Å²) in [5.74, 6) is -0.0181. The van der Waals surface area contributed by atoms with E-state index >= 15 is 0 Å². The lowest BCUT2D eigenvalue weighted by atomic mass is 10.1. The van der Waals surface area contributed by atoms with Gasteiger partial charge in [0.25, 0.3) is 5.69 Å². The van der Waals surface area contributed by atoms with Crippen LogP contribution in [0.3, 0.4) is 0 Å². The number of hydrogen-bond donors (Lipinski definition) is 2. The van der Waals surface area contributed by atoms with Gasteiger partial charge < -0.3 is 10.6 Å². The molecule has 0 radical (unpaired) electrons. The molecule has 1 saturated heterocycles. The first kappa shape index (κ1) is 13.1. The van der Waals surface area contributed by atoms with Crippen molar-refractivity contribution in [3.63, 3.8) is 0 Å². The van der Waals surface area contributed by atoms with Crippen LogP contribution >= 0.6 is 22.6 Å². The fourth-order valence-electron chi connectivity index (χ4n) is 1.83. The van der Waals surface area contributed by atoms with Crippen molar-refractivity contribution in [3.05, 3.63) is 31.9 Å². The van der Waals surface area contributed by atoms with Crippen LogP contribution in [0.25, 0.3) is 0 Å². The highest BCUT2D eigenvalue weighted by atomic mass is 127. The molecule has 1 aromatic carbocycles. The van der Waals surface area contributed by atoms with E-state index in [2.05, 4.69) is 10.6 Å². The number of carbonyl (C=O) groups is 1. The van der Waals surface area contributed by atoms with Crippen LogP contribution < -0.4 is 10.6 Å². The molecule has 1 amide bonds. The molecule has 0 saturated carbocycles. The van der Waals surface area contributed by atoms with E-state index in [0.717, 1.165) is 22.1 Å². The highest BCUT2D eigenvalue weighted by Crippen LogP contribution is 2.25. The topological polar surface area (TPSA) is 84.3 Å². The monoisotopic (exact) mass is 361 g/mol. The maximum atomic E-state index is 11.6. The van der Waals surface area contributed by atoms with Crippen LogP contribution in [0.5, 0.6) is 0 Å². The molecule has 2 rings (SSSR count). The number of non-ortho nitro benzene ring substituents is 1. The van der Waals surface area contributed by atoms with Crippen molar-refractivity contribution in [1.82, 2.24) is 5.32 Å². The third-order valence-corrected chi connectivity index (χ3v) is 3.67. The van der Waals surface area contributed by atoms with Crippen LogP contribution in [0, 0.1) is 13.7 Å². The molecule has 1 heterocycles. The standard InChI is InChI=1S/C11H12IN3O3/c12-8-6-7(15(17)18)3-4-9(8)14-10-2-1-5-13-11(10)16/h3-4,6,10,14H,1-2,5H2,(H,13,16). The largest absolute Gasteiger partial charge is 0.373 e. The fraction of sp³-hybridized carbons (Fsp3) is 0.364. The lowest BCUT2D eigenvalue weighted by Crippen LogP contribution is -2.44. The smallest absolute Gasteiger partial charge is 0.270 e. The van der Waals surface area contributed by atoms with Gasteiger partial charge in [-0.3, -0.25) is 14.9 Å². The van der Waals surface area contributed by atoms with Gasteiger partial charge in [0.05, 0.1) is 4.92 Å². The molecule has 0 aromatic heterocycles. The number of hydrogen-bond acceptors (Lipinski definition) is 4. The van der Waals surface area contributed by atoms with E-state index in [1.54, 1.807) is 6.07 Å². The summed E-state index contributed by atoms with van der Waals surface area (Å²) in [4.78, 5) is 21.8. The second kappa shape index (κ2) is 5.51. The maximum Gasteiger partial charge on any atom is 0.270 e. The van der Waals surface area contributed by atoms with Gasteiger partial charge in [0.1, 0.15) is 6.04 Å². The maximum absolute atomic E-state index is 11.6. The third kappa shape index (κ3) is 2.89. The van der Waals surface area contributed by atoms with Gasteiger partial charge in [-0.25, -0.2) is 0 Å². The Labute approximate surface area is 117 Å². The Hall–Kier alpha value is -1.38. The van der Waals surface area contributed by atoms with E-state index in [9.17, 15) is 14.9 Å². The molecule has 0 aliphatic carbocycles. The summed E-state index contributed by atoms with van der Waals surface area (Å²) in [6, 6.07) is 4.31. The van der Waals surface area contributed by atoms with Crippen molar-refractivity contribution in [2.24, 2.45) is 0 Å². The van der Waals surface area contributed by atoms with E-state index in [1.807, 2.05) is 22.6 Å². The van der Waals surface area contributed by atoms with Gasteiger partial charge >= 0.3 is 0 Å². The summed E-state index contributed by atoms with van der Waals surface area (Å²) in [5, 5.41) is 16.5. The molecule has 0 spiro atoms. The minimum absolute atomic E-state index is 0.0181. The van der Waals surface area contributed by atoms with Crippen LogP contribution in [-0.2, 0) is 4.79 Å². The number of nitrogens with zero attached hydrogens (tertiary/aromatic N) is 1. The van der Waals surface area contributed by atoms with Crippen LogP contribution in [0.2, 0.25) is 0 Å². The summed E-state index contributed by atoms with van der Waals surface area (Å²) in [6.45, 7) is 0.717. The molecule has 0 bridgehead atoms. The minimum Gasteiger partial charge on any atom is -0.373 e. The lowest BCUT2D eigenvalue weighted by Gasteiger charge is -2.24. The summed E-state index contributed by atoms with van der Waals surface area (Å²) in [5.41, 5.74) is 0.807. The van der Waals surface area contributed by atoms with Crippen LogP contribution in [0.15, 0.2) is 18.2 Å². The van der Waals surface area contributed by atoms with Gasteiger partial charge in [-0.05, 0) is 41.5 Å². The van der Waals surface area contributed by atoms with E-state index in [-0.39, 0.29) is 17.6 Å². The Morgan fingerprint density at radius 2 is 2.28 bits per heavy atom. The summed E-state index contributed by atoms with van der Waals surface area (Å²) < 4.78 is 0.736. The normalized spacial score (nSPS) is 19.2. The van der Waals surface area contributed by atoms with Gasteiger partial charge in [-0.2, -0.15) is 0 Å². The predicted molar refractivity (Wildman–Crippen MR) is 75.5 cm³/mol. The Balaban J connectivity index is 2.14. The molecule has 1 unspecified atom stereocenters. The second-order valence-corrected chi connectivity index (χ2v) is 5.21. The summed E-state index contributed by atoms with van der Waals surface area (Å²) >= 11 is 2.02. The zero-order chi connectivity index (χ0) is 13.1. The van der Waals surface area contributed by atoms with Crippen molar-refractivity contribution < 1.29 is 9.72 Å². The number of halogens is 1. The number of benzene rings is 1. The average molecular weight is 361 g/mol. The molecule has 1 aliphatic heterocycles. The van der Waals surface area contributed by atoms with Crippen LogP contribution in [-0.4, -0.2) is 23.4 Å². The molecule has 7 heteroatoms. The molecule has 6 nitrogen and oxygen atoms in total. The number of amides is 1. The number of nitrogens with one attached hydrogen (secondary N) is 2. The van der Waals surface area contributed by atoms with Crippen LogP contribution in [0.1, 0.15) is 12.8 Å². The summed E-state index contributed by atoms with van der Waals surface area (Å²) in [7, 11) is 0. The predicted octanol–water partition coefficient (Wildman–Crippen LogP) is 1.89. The van der Waals surface area contributed by atoms with Gasteiger partial charge in [0.2, 0.25) is 5.91 Å². The van der Waals surface area contributed by atoms with Gasteiger partial charge in [0, 0.05) is 27.9 Å². The number of piperidine rings is 1. The molecule has 18 heavy (non-hydrogen) atoms. The van der Waals surface area contributed by atoms with E-state index in [4.69, 9.17) is 0 Å². The number of anilines is 1. The Morgan fingerprint density at radius 3 is 2.89 bits per heavy atom. The van der Waals surface area contributed by atoms with E-state index < -0.39 is 4.92 Å². The molecule has 1 aliphatic rings. The average Bonchev–Trinajstić information content (AvgIpc) is 2.34. The highest BCUT2D eigenvalue weighted by Gasteiger charge is 2.22. The van der Waals surface area contributed by atoms with Gasteiger partial charge in [-0.15, -0.1) is 0 Å². The Kier molecular flexibility index (Phi) is 4.00. The van der Waals surface area contributed by atoms with Crippen molar-refractivity contribution in [1.29, 1.82) is 0 Å². The SMILES string of the molecule is O=C1NCCCC1Nc1ccc([N+](=O)[O-])cc1I. The lowest BCUT2D eigenvalue weighted by molar-refractivity contribution is -0.384. The van der Waals surface area contributed by atoms with Crippen molar-refractivity contribution in [2.45, 2.75) is 18.9 Å². The van der Waals surface area contributed by atoms with Gasteiger partial charge in [0.15, 0.2) is 0 Å². The Bertz CT molecular complexity index is 492. The van der Waals surface area contributed by atoms with Gasteiger partial charge in [-0.1, -0.05) is 0 Å². The first-order chi connectivity index (χ1) is 8.58. The third-order valence-electron chi connectivity index (χ3n) is 2.78. The van der Waals surface area contributed by atoms with Crippen molar-refractivity contribution in [3.8, 4) is 0 Å². The molecule has 1 aromatic rings. The minimum atomic E-state index is -0.431. The van der Waals surface area contributed by atoms with Crippen molar-refractivity contribution >= 4 is 39.9 Å². The Morgan fingerprint density at radius 1 is 1.50 bits per heavy atom. The fourth-order valence-corrected chi connectivity index (χ4v) is 2.49. The summed E-state index contributed by atoms with van der Waals surface area (Å²) in [6.07, 6.45) is 1.71. The molecule has 96 valence electrons. The molecular formula is C11H12IN3O3. The first-order valence-electron chi connectivity index (χ1n) is 5.56. The number of rotatable bonds is 3. The van der Waals surface area contributed by atoms with E-state index in [0.29, 0.717) is 6.54 Å². The van der Waals surface area contributed by atoms with Crippen LogP contribution in [0.4, 0.5) is 11.4 Å². The molecule has 2 N–H and O–H groups in total. The first-order valence-corrected chi connectivity index (χ1v) is 6.64. The quantitative estimate of drug-likeness (QED) is 0.489. The van der Waals surface area contributed by atoms with E-state index in [1.165, 1.54) is 12.1 Å². The molecule has 1 atom stereocenters. The van der Waals surface area contributed by atoms with Crippen molar-refractivity contribution in [2.75, 3.05) is 11.9 Å². The number of nitro groups is 1. The second-order valence-electron chi connectivity index (χ2n) is 4.05. The zero-order valence-electron chi connectivity index (χ0n) is 9.48.